The van der Waals surface area contributed by atoms with Gasteiger partial charge in [-0.25, -0.2) is 4.79 Å². The van der Waals surface area contributed by atoms with Crippen LogP contribution in [0.3, 0.4) is 0 Å². The maximum absolute atomic E-state index is 11.2. The maximum atomic E-state index is 11.2. The Kier molecular flexibility index (Phi) is 2.74. The van der Waals surface area contributed by atoms with Gasteiger partial charge in [0, 0.05) is 12.1 Å². The Morgan fingerprint density at radius 1 is 1.44 bits per heavy atom. The molecule has 1 aromatic carbocycles. The summed E-state index contributed by atoms with van der Waals surface area (Å²) in [5.41, 5.74) is 0.235. The molecule has 16 heavy (non-hydrogen) atoms. The van der Waals surface area contributed by atoms with Crippen LogP contribution in [-0.2, 0) is 6.61 Å². The average Bonchev–Trinajstić information content (AvgIpc) is 2.70. The van der Waals surface area contributed by atoms with Crippen molar-refractivity contribution in [2.45, 2.75) is 6.61 Å². The standard InChI is InChI=1S/C10H10N2O4/c1-15-8-4-2-7(3-5-8)12-9(6-13)10(14)16-11-12/h2-5,13H,6H2,1H3/p+1. The molecule has 0 saturated heterocycles. The van der Waals surface area contributed by atoms with Gasteiger partial charge in [0.15, 0.2) is 0 Å². The van der Waals surface area contributed by atoms with E-state index in [4.69, 9.17) is 9.84 Å². The Balaban J connectivity index is 2.46. The van der Waals surface area contributed by atoms with Crippen LogP contribution in [0, 0.1) is 0 Å². The number of hydrogen-bond donors (Lipinski definition) is 2. The van der Waals surface area contributed by atoms with Gasteiger partial charge < -0.3 is 9.84 Å². The number of nitrogens with zero attached hydrogens (tertiary/aromatic N) is 1. The minimum absolute atomic E-state index is 0.144. The van der Waals surface area contributed by atoms with Gasteiger partial charge in [-0.15, -0.1) is 0 Å². The first-order chi connectivity index (χ1) is 7.76. The van der Waals surface area contributed by atoms with E-state index in [9.17, 15) is 4.79 Å². The summed E-state index contributed by atoms with van der Waals surface area (Å²) in [5.74, 6) is 0.709. The molecule has 6 heteroatoms. The highest BCUT2D eigenvalue weighted by Crippen LogP contribution is 2.10. The highest BCUT2D eigenvalue weighted by Gasteiger charge is 2.21. The monoisotopic (exact) mass is 223 g/mol. The zero-order chi connectivity index (χ0) is 11.5. The van der Waals surface area contributed by atoms with Gasteiger partial charge in [-0.1, -0.05) is 0 Å². The first-order valence-electron chi connectivity index (χ1n) is 4.64. The molecule has 0 fully saturated rings. The average molecular weight is 223 g/mol. The molecule has 0 amide bonds. The summed E-state index contributed by atoms with van der Waals surface area (Å²) in [6, 6.07) is 6.97. The lowest BCUT2D eigenvalue weighted by atomic mass is 10.3. The molecule has 2 N–H and O–H groups in total. The summed E-state index contributed by atoms with van der Waals surface area (Å²) in [7, 11) is 1.57. The molecular weight excluding hydrogens is 212 g/mol. The Bertz CT molecular complexity index is 526. The highest BCUT2D eigenvalue weighted by molar-refractivity contribution is 5.31. The molecule has 1 heterocycles. The number of rotatable bonds is 3. The SMILES string of the molecule is COc1ccc(-[n+]2[nH]oc(=O)c2CO)cc1. The second kappa shape index (κ2) is 4.19. The summed E-state index contributed by atoms with van der Waals surface area (Å²) < 4.78 is 11.0. The van der Waals surface area contributed by atoms with Gasteiger partial charge in [-0.05, 0) is 22.1 Å². The van der Waals surface area contributed by atoms with Gasteiger partial charge >= 0.3 is 11.3 Å². The number of H-pyrrole nitrogens is 1. The summed E-state index contributed by atoms with van der Waals surface area (Å²) in [6.07, 6.45) is 0. The predicted octanol–water partition coefficient (Wildman–Crippen LogP) is -0.255. The molecule has 0 unspecified atom stereocenters. The van der Waals surface area contributed by atoms with Gasteiger partial charge in [0.2, 0.25) is 5.69 Å². The third-order valence-corrected chi connectivity index (χ3v) is 2.22. The van der Waals surface area contributed by atoms with Crippen molar-refractivity contribution >= 4 is 0 Å². The van der Waals surface area contributed by atoms with E-state index in [-0.39, 0.29) is 5.69 Å². The van der Waals surface area contributed by atoms with Crippen LogP contribution in [0.1, 0.15) is 5.69 Å². The molecule has 2 aromatic rings. The fourth-order valence-corrected chi connectivity index (χ4v) is 1.37. The number of aliphatic hydroxyl groups excluding tert-OH is 1. The van der Waals surface area contributed by atoms with Crippen molar-refractivity contribution in [2.24, 2.45) is 0 Å². The Hall–Kier alpha value is -2.08. The smallest absolute Gasteiger partial charge is 0.433 e. The van der Waals surface area contributed by atoms with E-state index in [2.05, 4.69) is 9.79 Å². The van der Waals surface area contributed by atoms with Crippen LogP contribution in [0.25, 0.3) is 5.69 Å². The van der Waals surface area contributed by atoms with Crippen molar-refractivity contribution < 1.29 is 19.0 Å². The lowest BCUT2D eigenvalue weighted by Gasteiger charge is -1.97. The molecule has 1 aromatic heterocycles. The summed E-state index contributed by atoms with van der Waals surface area (Å²) in [5, 5.41) is 11.4. The zero-order valence-corrected chi connectivity index (χ0v) is 8.64. The lowest BCUT2D eigenvalue weighted by Crippen LogP contribution is -2.38. The van der Waals surface area contributed by atoms with Crippen molar-refractivity contribution in [3.05, 3.63) is 40.4 Å². The second-order valence-corrected chi connectivity index (χ2v) is 3.12. The number of nitrogens with one attached hydrogen (secondary N) is 1. The van der Waals surface area contributed by atoms with Crippen LogP contribution in [0.2, 0.25) is 0 Å². The van der Waals surface area contributed by atoms with Crippen LogP contribution in [-0.4, -0.2) is 17.5 Å². The lowest BCUT2D eigenvalue weighted by molar-refractivity contribution is -0.679. The third kappa shape index (κ3) is 1.70. The van der Waals surface area contributed by atoms with E-state index in [0.717, 1.165) is 0 Å². The van der Waals surface area contributed by atoms with Crippen molar-refractivity contribution in [3.63, 3.8) is 0 Å². The first kappa shape index (κ1) is 10.4. The van der Waals surface area contributed by atoms with Gasteiger partial charge in [-0.2, -0.15) is 0 Å². The van der Waals surface area contributed by atoms with E-state index < -0.39 is 12.2 Å². The number of methoxy groups -OCH3 is 1. The van der Waals surface area contributed by atoms with Crippen molar-refractivity contribution in [2.75, 3.05) is 7.11 Å². The molecule has 0 aliphatic heterocycles. The van der Waals surface area contributed by atoms with Crippen molar-refractivity contribution in [1.82, 2.24) is 5.27 Å². The number of ether oxygens (including phenoxy) is 1. The summed E-state index contributed by atoms with van der Waals surface area (Å²) >= 11 is 0. The summed E-state index contributed by atoms with van der Waals surface area (Å²) in [4.78, 5) is 11.2. The number of benzene rings is 1. The fourth-order valence-electron chi connectivity index (χ4n) is 1.37. The van der Waals surface area contributed by atoms with E-state index in [1.165, 1.54) is 4.68 Å². The molecule has 6 nitrogen and oxygen atoms in total. The number of aliphatic hydroxyl groups is 1. The van der Waals surface area contributed by atoms with E-state index in [1.54, 1.807) is 31.4 Å². The molecule has 2 rings (SSSR count). The topological polar surface area (TPSA) is 79.3 Å². The molecule has 0 atom stereocenters. The van der Waals surface area contributed by atoms with E-state index in [0.29, 0.717) is 11.4 Å². The van der Waals surface area contributed by atoms with Gasteiger partial charge in [0.25, 0.3) is 0 Å². The molecule has 0 spiro atoms. The Morgan fingerprint density at radius 2 is 2.12 bits per heavy atom. The molecular formula is C10H11N2O4+. The quantitative estimate of drug-likeness (QED) is 0.703. The predicted molar refractivity (Wildman–Crippen MR) is 53.3 cm³/mol. The number of hydrogen-bond acceptors (Lipinski definition) is 4. The normalized spacial score (nSPS) is 10.4. The minimum atomic E-state index is -0.585. The highest BCUT2D eigenvalue weighted by atomic mass is 16.5. The van der Waals surface area contributed by atoms with Crippen LogP contribution in [0.4, 0.5) is 0 Å². The Morgan fingerprint density at radius 3 is 2.69 bits per heavy atom. The number of aromatic nitrogens is 2. The minimum Gasteiger partial charge on any atom is -0.497 e. The van der Waals surface area contributed by atoms with Crippen LogP contribution >= 0.6 is 0 Å². The van der Waals surface area contributed by atoms with Crippen LogP contribution < -0.4 is 15.0 Å². The van der Waals surface area contributed by atoms with Gasteiger partial charge in [-0.3, -0.25) is 4.52 Å². The second-order valence-electron chi connectivity index (χ2n) is 3.12. The zero-order valence-electron chi connectivity index (χ0n) is 8.64. The number of aromatic amines is 1. The van der Waals surface area contributed by atoms with Gasteiger partial charge in [0.1, 0.15) is 12.4 Å². The molecule has 0 radical (unpaired) electrons. The molecule has 0 saturated carbocycles. The van der Waals surface area contributed by atoms with Crippen LogP contribution in [0.15, 0.2) is 33.6 Å². The fraction of sp³-hybridized carbons (Fsp3) is 0.200. The van der Waals surface area contributed by atoms with Crippen molar-refractivity contribution in [1.29, 1.82) is 0 Å². The Labute approximate surface area is 90.7 Å². The van der Waals surface area contributed by atoms with Gasteiger partial charge in [0.05, 0.1) is 7.11 Å². The largest absolute Gasteiger partial charge is 0.497 e. The van der Waals surface area contributed by atoms with E-state index >= 15 is 0 Å². The molecule has 0 aliphatic rings. The molecule has 84 valence electrons. The third-order valence-electron chi connectivity index (χ3n) is 2.22. The van der Waals surface area contributed by atoms with Crippen LogP contribution in [0.5, 0.6) is 5.75 Å². The molecule has 0 bridgehead atoms. The van der Waals surface area contributed by atoms with E-state index in [1.807, 2.05) is 0 Å². The molecule has 0 aliphatic carbocycles. The first-order valence-corrected chi connectivity index (χ1v) is 4.64. The maximum Gasteiger partial charge on any atom is 0.433 e. The summed E-state index contributed by atoms with van der Waals surface area (Å²) in [6.45, 7) is -0.391. The van der Waals surface area contributed by atoms with Crippen molar-refractivity contribution in [3.8, 4) is 11.4 Å².